The summed E-state index contributed by atoms with van der Waals surface area (Å²) in [6, 6.07) is 2.74. The molecule has 0 amide bonds. The van der Waals surface area contributed by atoms with Gasteiger partial charge in [-0.3, -0.25) is 0 Å². The fourth-order valence-electron chi connectivity index (χ4n) is 1.66. The molecular weight excluding hydrogens is 338 g/mol. The summed E-state index contributed by atoms with van der Waals surface area (Å²) >= 11 is 11.6. The Morgan fingerprint density at radius 2 is 2.09 bits per heavy atom. The zero-order valence-electron chi connectivity index (χ0n) is 11.1. The first-order valence-electron chi connectivity index (χ1n) is 5.82. The number of benzene rings is 1. The number of rotatable bonds is 4. The van der Waals surface area contributed by atoms with Crippen molar-refractivity contribution in [3.8, 4) is 17.1 Å². The predicted octanol–water partition coefficient (Wildman–Crippen LogP) is 2.70. The highest BCUT2D eigenvalue weighted by atomic mass is 35.5. The number of methoxy groups -OCH3 is 1. The van der Waals surface area contributed by atoms with Crippen molar-refractivity contribution >= 4 is 29.2 Å². The van der Waals surface area contributed by atoms with Crippen molar-refractivity contribution in [1.82, 2.24) is 9.97 Å². The molecule has 1 aromatic heterocycles. The van der Waals surface area contributed by atoms with Crippen molar-refractivity contribution < 1.29 is 23.8 Å². The highest BCUT2D eigenvalue weighted by molar-refractivity contribution is 6.33. The first-order valence-corrected chi connectivity index (χ1v) is 6.58. The van der Waals surface area contributed by atoms with Gasteiger partial charge in [0, 0.05) is 0 Å². The molecule has 0 radical (unpaired) electrons. The number of hydrogen-bond acceptors (Lipinski definition) is 6. The van der Waals surface area contributed by atoms with Crippen LogP contribution in [0.25, 0.3) is 11.4 Å². The van der Waals surface area contributed by atoms with Crippen LogP contribution >= 0.6 is 23.2 Å². The molecule has 116 valence electrons. The number of nitrogens with zero attached hydrogens (tertiary/aromatic N) is 2. The zero-order chi connectivity index (χ0) is 16.3. The van der Waals surface area contributed by atoms with E-state index in [1.165, 1.54) is 19.2 Å². The maximum absolute atomic E-state index is 14.3. The number of aliphatic hydroxyl groups is 1. The maximum Gasteiger partial charge on any atom is 0.360 e. The van der Waals surface area contributed by atoms with Gasteiger partial charge in [-0.05, 0) is 12.1 Å². The van der Waals surface area contributed by atoms with Crippen LogP contribution < -0.4 is 4.74 Å². The number of carbonyl (C=O) groups is 1. The Hall–Kier alpha value is -1.96. The SMILES string of the molecule is COc1c(Cl)ccc(-c2ncc(Cl)c(C(=O)OCO)n2)c1F. The lowest BCUT2D eigenvalue weighted by atomic mass is 10.1. The fraction of sp³-hybridized carbons (Fsp3) is 0.154. The van der Waals surface area contributed by atoms with Crippen molar-refractivity contribution in [2.75, 3.05) is 13.9 Å². The molecule has 0 spiro atoms. The second-order valence-electron chi connectivity index (χ2n) is 3.89. The van der Waals surface area contributed by atoms with Crippen LogP contribution in [-0.4, -0.2) is 34.9 Å². The van der Waals surface area contributed by atoms with Crippen LogP contribution in [0, 0.1) is 5.82 Å². The molecule has 0 unspecified atom stereocenters. The van der Waals surface area contributed by atoms with Gasteiger partial charge >= 0.3 is 5.97 Å². The standard InChI is InChI=1S/C13H9Cl2FN2O4/c1-21-11-7(14)3-2-6(9(11)16)12-17-4-8(15)10(18-12)13(20)22-5-19/h2-4,19H,5H2,1H3. The van der Waals surface area contributed by atoms with Gasteiger partial charge in [0.2, 0.25) is 0 Å². The minimum absolute atomic E-state index is 0.0315. The smallest absolute Gasteiger partial charge is 0.360 e. The van der Waals surface area contributed by atoms with Crippen LogP contribution in [0.5, 0.6) is 5.75 Å². The molecule has 0 aliphatic heterocycles. The van der Waals surface area contributed by atoms with E-state index in [9.17, 15) is 9.18 Å². The second-order valence-corrected chi connectivity index (χ2v) is 4.71. The van der Waals surface area contributed by atoms with Gasteiger partial charge in [0.05, 0.1) is 28.9 Å². The average molecular weight is 347 g/mol. The molecule has 0 aliphatic carbocycles. The van der Waals surface area contributed by atoms with E-state index in [1.807, 2.05) is 0 Å². The summed E-state index contributed by atoms with van der Waals surface area (Å²) in [4.78, 5) is 19.3. The highest BCUT2D eigenvalue weighted by Crippen LogP contribution is 2.33. The fourth-order valence-corrected chi connectivity index (χ4v) is 2.05. The van der Waals surface area contributed by atoms with Crippen molar-refractivity contribution in [2.45, 2.75) is 0 Å². The third-order valence-corrected chi connectivity index (χ3v) is 3.20. The van der Waals surface area contributed by atoms with Crippen LogP contribution in [0.2, 0.25) is 10.0 Å². The first-order chi connectivity index (χ1) is 10.5. The molecule has 22 heavy (non-hydrogen) atoms. The molecule has 1 N–H and O–H groups in total. The summed E-state index contributed by atoms with van der Waals surface area (Å²) in [6.45, 7) is -0.836. The first kappa shape index (κ1) is 16.4. The van der Waals surface area contributed by atoms with Crippen LogP contribution in [0.4, 0.5) is 4.39 Å². The van der Waals surface area contributed by atoms with Crippen molar-refractivity contribution in [3.63, 3.8) is 0 Å². The minimum atomic E-state index is -0.961. The van der Waals surface area contributed by atoms with Gasteiger partial charge in [-0.25, -0.2) is 19.2 Å². The van der Waals surface area contributed by atoms with Gasteiger partial charge in [0.25, 0.3) is 0 Å². The van der Waals surface area contributed by atoms with Crippen LogP contribution in [0.3, 0.4) is 0 Å². The Kier molecular flexibility index (Phi) is 5.12. The molecule has 9 heteroatoms. The Labute approximate surface area is 134 Å². The molecule has 0 fully saturated rings. The van der Waals surface area contributed by atoms with E-state index in [2.05, 4.69) is 14.7 Å². The van der Waals surface area contributed by atoms with Gasteiger partial charge < -0.3 is 14.6 Å². The molecule has 0 saturated heterocycles. The highest BCUT2D eigenvalue weighted by Gasteiger charge is 2.20. The van der Waals surface area contributed by atoms with Crippen LogP contribution in [0.15, 0.2) is 18.3 Å². The van der Waals surface area contributed by atoms with E-state index in [1.54, 1.807) is 0 Å². The zero-order valence-corrected chi connectivity index (χ0v) is 12.7. The van der Waals surface area contributed by atoms with Gasteiger partial charge in [0.15, 0.2) is 29.9 Å². The van der Waals surface area contributed by atoms with E-state index in [0.29, 0.717) is 0 Å². The van der Waals surface area contributed by atoms with Gasteiger partial charge in [-0.1, -0.05) is 23.2 Å². The second kappa shape index (κ2) is 6.87. The van der Waals surface area contributed by atoms with E-state index in [4.69, 9.17) is 33.0 Å². The van der Waals surface area contributed by atoms with Crippen molar-refractivity contribution in [3.05, 3.63) is 39.9 Å². The van der Waals surface area contributed by atoms with Crippen molar-refractivity contribution in [2.24, 2.45) is 0 Å². The molecule has 0 atom stereocenters. The average Bonchev–Trinajstić information content (AvgIpc) is 2.49. The lowest BCUT2D eigenvalue weighted by Gasteiger charge is -2.09. The minimum Gasteiger partial charge on any atom is -0.492 e. The largest absolute Gasteiger partial charge is 0.492 e. The Morgan fingerprint density at radius 1 is 1.36 bits per heavy atom. The molecule has 1 aromatic carbocycles. The Morgan fingerprint density at radius 3 is 2.73 bits per heavy atom. The quantitative estimate of drug-likeness (QED) is 0.677. The summed E-state index contributed by atoms with van der Waals surface area (Å²) in [7, 11) is 1.26. The third-order valence-electron chi connectivity index (χ3n) is 2.63. The molecule has 0 saturated carbocycles. The number of esters is 1. The third kappa shape index (κ3) is 3.11. The van der Waals surface area contributed by atoms with E-state index < -0.39 is 18.6 Å². The summed E-state index contributed by atoms with van der Waals surface area (Å²) in [5, 5.41) is 8.58. The normalized spacial score (nSPS) is 10.4. The molecule has 2 rings (SSSR count). The van der Waals surface area contributed by atoms with Gasteiger partial charge in [0.1, 0.15) is 0 Å². The monoisotopic (exact) mass is 346 g/mol. The Balaban J connectivity index is 2.55. The molecule has 0 bridgehead atoms. The van der Waals surface area contributed by atoms with E-state index >= 15 is 0 Å². The summed E-state index contributed by atoms with van der Waals surface area (Å²) < 4.78 is 23.6. The number of hydrogen-bond donors (Lipinski definition) is 1. The molecule has 2 aromatic rings. The number of aliphatic hydroxyl groups excluding tert-OH is 1. The lowest BCUT2D eigenvalue weighted by molar-refractivity contribution is 0.00625. The van der Waals surface area contributed by atoms with Gasteiger partial charge in [-0.2, -0.15) is 0 Å². The number of halogens is 3. The molecular formula is C13H9Cl2FN2O4. The molecule has 6 nitrogen and oxygen atoms in total. The number of carbonyl (C=O) groups excluding carboxylic acids is 1. The molecule has 0 aliphatic rings. The maximum atomic E-state index is 14.3. The summed E-state index contributed by atoms with van der Waals surface area (Å²) in [5.74, 6) is -2.02. The summed E-state index contributed by atoms with van der Waals surface area (Å²) in [6.07, 6.45) is 1.12. The predicted molar refractivity (Wildman–Crippen MR) is 76.5 cm³/mol. The molecule has 1 heterocycles. The topological polar surface area (TPSA) is 81.5 Å². The number of aromatic nitrogens is 2. The van der Waals surface area contributed by atoms with E-state index in [-0.39, 0.29) is 32.9 Å². The Bertz CT molecular complexity index is 727. The van der Waals surface area contributed by atoms with Crippen LogP contribution in [-0.2, 0) is 4.74 Å². The van der Waals surface area contributed by atoms with Crippen molar-refractivity contribution in [1.29, 1.82) is 0 Å². The number of ether oxygens (including phenoxy) is 2. The van der Waals surface area contributed by atoms with Gasteiger partial charge in [-0.15, -0.1) is 0 Å². The lowest BCUT2D eigenvalue weighted by Crippen LogP contribution is -2.10. The summed E-state index contributed by atoms with van der Waals surface area (Å²) in [5.41, 5.74) is -0.329. The van der Waals surface area contributed by atoms with E-state index in [0.717, 1.165) is 6.20 Å². The van der Waals surface area contributed by atoms with Crippen LogP contribution in [0.1, 0.15) is 10.5 Å².